The van der Waals surface area contributed by atoms with Crippen molar-refractivity contribution in [3.63, 3.8) is 0 Å². The van der Waals surface area contributed by atoms with E-state index in [0.717, 1.165) is 31.5 Å². The maximum atomic E-state index is 4.81. The van der Waals surface area contributed by atoms with E-state index in [9.17, 15) is 0 Å². The molecule has 1 atom stereocenters. The molecule has 6 nitrogen and oxygen atoms in total. The van der Waals surface area contributed by atoms with Crippen molar-refractivity contribution in [1.29, 1.82) is 0 Å². The van der Waals surface area contributed by atoms with Crippen LogP contribution in [-0.2, 0) is 6.42 Å². The highest BCUT2D eigenvalue weighted by molar-refractivity contribution is 7.13. The number of anilines is 1. The number of rotatable bonds is 6. The number of nitrogens with one attached hydrogen (secondary N) is 2. The van der Waals surface area contributed by atoms with Gasteiger partial charge >= 0.3 is 0 Å². The Balaban J connectivity index is 1.18. The smallest absolute Gasteiger partial charge is 0.191 e. The molecule has 0 amide bonds. The van der Waals surface area contributed by atoms with Crippen molar-refractivity contribution in [3.8, 4) is 0 Å². The molecule has 27 heavy (non-hydrogen) atoms. The second-order valence-electron chi connectivity index (χ2n) is 8.13. The van der Waals surface area contributed by atoms with Crippen LogP contribution < -0.4 is 15.5 Å². The van der Waals surface area contributed by atoms with Crippen LogP contribution in [0.1, 0.15) is 50.6 Å². The Bertz CT molecular complexity index is 618. The highest BCUT2D eigenvalue weighted by atomic mass is 32.1. The fraction of sp³-hybridized carbons (Fsp3) is 0.800. The minimum atomic E-state index is 0.526. The molecule has 1 aliphatic carbocycles. The summed E-state index contributed by atoms with van der Waals surface area (Å²) in [6.07, 6.45) is 10.4. The van der Waals surface area contributed by atoms with E-state index in [4.69, 9.17) is 4.98 Å². The van der Waals surface area contributed by atoms with Crippen LogP contribution in [0.25, 0.3) is 0 Å². The molecule has 3 aliphatic rings. The van der Waals surface area contributed by atoms with E-state index in [-0.39, 0.29) is 0 Å². The molecule has 4 rings (SSSR count). The van der Waals surface area contributed by atoms with Crippen molar-refractivity contribution in [2.75, 3.05) is 44.7 Å². The third kappa shape index (κ3) is 4.93. The second-order valence-corrected chi connectivity index (χ2v) is 8.96. The molecule has 3 fully saturated rings. The Hall–Kier alpha value is -1.34. The van der Waals surface area contributed by atoms with Gasteiger partial charge in [0.05, 0.1) is 5.69 Å². The van der Waals surface area contributed by atoms with Crippen LogP contribution in [0.3, 0.4) is 0 Å². The van der Waals surface area contributed by atoms with Gasteiger partial charge in [-0.25, -0.2) is 4.98 Å². The molecular weight excluding hydrogens is 356 g/mol. The molecule has 0 radical (unpaired) electrons. The zero-order valence-electron chi connectivity index (χ0n) is 16.6. The Morgan fingerprint density at radius 1 is 1.19 bits per heavy atom. The van der Waals surface area contributed by atoms with Gasteiger partial charge in [0.15, 0.2) is 11.1 Å². The SMILES string of the molecule is CN=C(NCCc1csc(N2CCCC2)n1)NC1CCN(C2CCCC2)C1. The van der Waals surface area contributed by atoms with E-state index in [1.807, 2.05) is 7.05 Å². The topological polar surface area (TPSA) is 55.8 Å². The van der Waals surface area contributed by atoms with Crippen molar-refractivity contribution >= 4 is 22.4 Å². The Morgan fingerprint density at radius 2 is 2.00 bits per heavy atom. The molecule has 1 unspecified atom stereocenters. The van der Waals surface area contributed by atoms with E-state index in [1.165, 1.54) is 75.4 Å². The largest absolute Gasteiger partial charge is 0.356 e. The van der Waals surface area contributed by atoms with Crippen molar-refractivity contribution in [3.05, 3.63) is 11.1 Å². The molecule has 7 heteroatoms. The predicted octanol–water partition coefficient (Wildman–Crippen LogP) is 2.47. The van der Waals surface area contributed by atoms with Crippen LogP contribution in [0.4, 0.5) is 5.13 Å². The molecule has 150 valence electrons. The highest BCUT2D eigenvalue weighted by Gasteiger charge is 2.30. The van der Waals surface area contributed by atoms with Gasteiger partial charge in [-0.2, -0.15) is 0 Å². The first-order valence-corrected chi connectivity index (χ1v) is 11.6. The van der Waals surface area contributed by atoms with E-state index >= 15 is 0 Å². The summed E-state index contributed by atoms with van der Waals surface area (Å²) in [5, 5.41) is 10.5. The lowest BCUT2D eigenvalue weighted by molar-refractivity contribution is 0.242. The van der Waals surface area contributed by atoms with Gasteiger partial charge in [-0.1, -0.05) is 12.8 Å². The third-order valence-electron chi connectivity index (χ3n) is 6.22. The van der Waals surface area contributed by atoms with Crippen molar-refractivity contribution in [2.24, 2.45) is 4.99 Å². The van der Waals surface area contributed by atoms with Crippen LogP contribution in [0.5, 0.6) is 0 Å². The lowest BCUT2D eigenvalue weighted by Gasteiger charge is -2.24. The fourth-order valence-corrected chi connectivity index (χ4v) is 5.58. The van der Waals surface area contributed by atoms with Gasteiger partial charge in [-0.05, 0) is 32.1 Å². The molecule has 0 bridgehead atoms. The summed E-state index contributed by atoms with van der Waals surface area (Å²) in [4.78, 5) is 14.3. The van der Waals surface area contributed by atoms with Crippen molar-refractivity contribution < 1.29 is 0 Å². The third-order valence-corrected chi connectivity index (χ3v) is 7.17. The monoisotopic (exact) mass is 390 g/mol. The average Bonchev–Trinajstić information content (AvgIpc) is 3.48. The van der Waals surface area contributed by atoms with E-state index in [1.54, 1.807) is 11.3 Å². The lowest BCUT2D eigenvalue weighted by Crippen LogP contribution is -2.45. The van der Waals surface area contributed by atoms with Gasteiger partial charge < -0.3 is 15.5 Å². The second kappa shape index (κ2) is 9.24. The first kappa shape index (κ1) is 19.0. The molecule has 2 saturated heterocycles. The first-order chi connectivity index (χ1) is 13.3. The molecule has 2 N–H and O–H groups in total. The minimum Gasteiger partial charge on any atom is -0.356 e. The van der Waals surface area contributed by atoms with Gasteiger partial charge in [0, 0.05) is 63.7 Å². The summed E-state index contributed by atoms with van der Waals surface area (Å²) >= 11 is 1.79. The Labute approximate surface area is 167 Å². The maximum absolute atomic E-state index is 4.81. The predicted molar refractivity (Wildman–Crippen MR) is 114 cm³/mol. The highest BCUT2D eigenvalue weighted by Crippen LogP contribution is 2.26. The molecule has 0 spiro atoms. The van der Waals surface area contributed by atoms with Crippen LogP contribution in [0, 0.1) is 0 Å². The van der Waals surface area contributed by atoms with Crippen LogP contribution in [0.15, 0.2) is 10.4 Å². The van der Waals surface area contributed by atoms with Crippen molar-refractivity contribution in [2.45, 2.75) is 63.5 Å². The number of hydrogen-bond donors (Lipinski definition) is 2. The Morgan fingerprint density at radius 3 is 2.78 bits per heavy atom. The zero-order valence-corrected chi connectivity index (χ0v) is 17.4. The summed E-state index contributed by atoms with van der Waals surface area (Å²) in [6, 6.07) is 1.36. The summed E-state index contributed by atoms with van der Waals surface area (Å²) in [5.41, 5.74) is 1.19. The minimum absolute atomic E-state index is 0.526. The quantitative estimate of drug-likeness (QED) is 0.577. The summed E-state index contributed by atoms with van der Waals surface area (Å²) in [6.45, 7) is 5.61. The van der Waals surface area contributed by atoms with Crippen LogP contribution in [0.2, 0.25) is 0 Å². The van der Waals surface area contributed by atoms with Crippen LogP contribution >= 0.6 is 11.3 Å². The molecular formula is C20H34N6S. The van der Waals surface area contributed by atoms with Gasteiger partial charge in [0.2, 0.25) is 0 Å². The standard InChI is InChI=1S/C20H34N6S/c1-21-19(23-16-9-13-26(14-16)18-6-2-3-7-18)22-10-8-17-15-27-20(24-17)25-11-4-5-12-25/h15-16,18H,2-14H2,1H3,(H2,21,22,23). The molecule has 2 aliphatic heterocycles. The molecule has 3 heterocycles. The van der Waals surface area contributed by atoms with Gasteiger partial charge in [-0.15, -0.1) is 11.3 Å². The van der Waals surface area contributed by atoms with Crippen molar-refractivity contribution in [1.82, 2.24) is 20.5 Å². The molecule has 1 aromatic rings. The number of aromatic nitrogens is 1. The average molecular weight is 391 g/mol. The lowest BCUT2D eigenvalue weighted by atomic mass is 10.2. The zero-order chi connectivity index (χ0) is 18.5. The molecule has 1 saturated carbocycles. The van der Waals surface area contributed by atoms with Gasteiger partial charge in [0.1, 0.15) is 0 Å². The maximum Gasteiger partial charge on any atom is 0.191 e. The summed E-state index contributed by atoms with van der Waals surface area (Å²) in [7, 11) is 1.87. The summed E-state index contributed by atoms with van der Waals surface area (Å²) < 4.78 is 0. The number of nitrogens with zero attached hydrogens (tertiary/aromatic N) is 4. The van der Waals surface area contributed by atoms with E-state index in [0.29, 0.717) is 6.04 Å². The van der Waals surface area contributed by atoms with E-state index < -0.39 is 0 Å². The van der Waals surface area contributed by atoms with Gasteiger partial charge in [0.25, 0.3) is 0 Å². The van der Waals surface area contributed by atoms with Crippen LogP contribution in [-0.4, -0.2) is 67.7 Å². The fourth-order valence-electron chi connectivity index (χ4n) is 4.67. The summed E-state index contributed by atoms with van der Waals surface area (Å²) in [5.74, 6) is 0.934. The van der Waals surface area contributed by atoms with E-state index in [2.05, 4.69) is 30.8 Å². The van der Waals surface area contributed by atoms with Gasteiger partial charge in [-0.3, -0.25) is 9.89 Å². The number of thiazole rings is 1. The molecule has 0 aromatic carbocycles. The Kier molecular flexibility index (Phi) is 6.50. The number of hydrogen-bond acceptors (Lipinski definition) is 5. The number of guanidine groups is 1. The number of aliphatic imine (C=N–C) groups is 1. The number of likely N-dealkylation sites (tertiary alicyclic amines) is 1. The normalized spacial score (nSPS) is 24.9. The first-order valence-electron chi connectivity index (χ1n) is 10.7. The molecule has 1 aromatic heterocycles.